The highest BCUT2D eigenvalue weighted by atomic mass is 79.9. The molecule has 1 heterocycles. The summed E-state index contributed by atoms with van der Waals surface area (Å²) in [6.45, 7) is 0.256. The Labute approximate surface area is 125 Å². The third kappa shape index (κ3) is 4.80. The molecule has 0 aromatic heterocycles. The molecule has 0 radical (unpaired) electrons. The summed E-state index contributed by atoms with van der Waals surface area (Å²) in [4.78, 5) is 11.8. The molecule has 1 amide bonds. The Bertz CT molecular complexity index is 449. The Morgan fingerprint density at radius 3 is 2.89 bits per heavy atom. The van der Waals surface area contributed by atoms with Crippen LogP contribution in [-0.2, 0) is 11.3 Å². The van der Waals surface area contributed by atoms with E-state index in [4.69, 9.17) is 0 Å². The van der Waals surface area contributed by atoms with Crippen LogP contribution in [0.3, 0.4) is 0 Å². The average molecular weight is 346 g/mol. The van der Waals surface area contributed by atoms with Gasteiger partial charge in [0.1, 0.15) is 5.82 Å². The quantitative estimate of drug-likeness (QED) is 0.900. The molecule has 1 saturated heterocycles. The lowest BCUT2D eigenvalue weighted by Crippen LogP contribution is -2.26. The summed E-state index contributed by atoms with van der Waals surface area (Å²) in [6.07, 6.45) is 2.79. The van der Waals surface area contributed by atoms with Gasteiger partial charge in [0.2, 0.25) is 5.91 Å². The van der Waals surface area contributed by atoms with E-state index >= 15 is 0 Å². The first kappa shape index (κ1) is 14.9. The summed E-state index contributed by atoms with van der Waals surface area (Å²) >= 11 is 5.25. The van der Waals surface area contributed by atoms with E-state index in [-0.39, 0.29) is 18.3 Å². The number of carbonyl (C=O) groups excluding carboxylic acids is 1. The Kier molecular flexibility index (Phi) is 5.70. The van der Waals surface area contributed by atoms with E-state index in [0.717, 1.165) is 28.8 Å². The van der Waals surface area contributed by atoms with Gasteiger partial charge < -0.3 is 5.32 Å². The average Bonchev–Trinajstić information content (AvgIpc) is 2.41. The van der Waals surface area contributed by atoms with Gasteiger partial charge in [-0.15, -0.1) is 0 Å². The van der Waals surface area contributed by atoms with Crippen LogP contribution < -0.4 is 5.32 Å². The number of benzene rings is 1. The van der Waals surface area contributed by atoms with Crippen LogP contribution in [0.2, 0.25) is 0 Å². The lowest BCUT2D eigenvalue weighted by molar-refractivity contribution is -0.122. The van der Waals surface area contributed by atoms with Crippen LogP contribution in [0, 0.1) is 11.7 Å². The number of hydrogen-bond acceptors (Lipinski definition) is 2. The molecule has 1 aromatic carbocycles. The van der Waals surface area contributed by atoms with Crippen molar-refractivity contribution < 1.29 is 9.18 Å². The predicted octanol–water partition coefficient (Wildman–Crippen LogP) is 3.74. The van der Waals surface area contributed by atoms with Gasteiger partial charge in [-0.2, -0.15) is 11.8 Å². The maximum Gasteiger partial charge on any atom is 0.220 e. The van der Waals surface area contributed by atoms with Gasteiger partial charge in [0, 0.05) is 23.0 Å². The molecule has 1 aliphatic rings. The number of rotatable bonds is 4. The highest BCUT2D eigenvalue weighted by molar-refractivity contribution is 9.10. The molecule has 1 N–H and O–H groups in total. The fraction of sp³-hybridized carbons (Fsp3) is 0.500. The van der Waals surface area contributed by atoms with E-state index in [1.807, 2.05) is 11.8 Å². The standard InChI is InChI=1S/C14H17BrFNOS/c15-12-1-2-13(16)11(8-12)9-17-14(18)7-10-3-5-19-6-4-10/h1-2,8,10H,3-7,9H2,(H,17,18). The molecule has 5 heteroatoms. The lowest BCUT2D eigenvalue weighted by Gasteiger charge is -2.20. The van der Waals surface area contributed by atoms with Crippen LogP contribution in [0.4, 0.5) is 4.39 Å². The first-order chi connectivity index (χ1) is 9.15. The minimum atomic E-state index is -0.280. The smallest absolute Gasteiger partial charge is 0.220 e. The topological polar surface area (TPSA) is 29.1 Å². The fourth-order valence-electron chi connectivity index (χ4n) is 2.16. The first-order valence-electron chi connectivity index (χ1n) is 6.43. The van der Waals surface area contributed by atoms with Gasteiger partial charge in [0.25, 0.3) is 0 Å². The van der Waals surface area contributed by atoms with Crippen molar-refractivity contribution in [3.8, 4) is 0 Å². The highest BCUT2D eigenvalue weighted by Crippen LogP contribution is 2.25. The molecule has 0 bridgehead atoms. The van der Waals surface area contributed by atoms with Gasteiger partial charge in [-0.25, -0.2) is 4.39 Å². The molecule has 0 spiro atoms. The maximum absolute atomic E-state index is 13.5. The van der Waals surface area contributed by atoms with E-state index in [9.17, 15) is 9.18 Å². The molecule has 1 aromatic rings. The van der Waals surface area contributed by atoms with Crippen molar-refractivity contribution in [2.75, 3.05) is 11.5 Å². The van der Waals surface area contributed by atoms with Crippen LogP contribution >= 0.6 is 27.7 Å². The molecule has 0 saturated carbocycles. The van der Waals surface area contributed by atoms with Gasteiger partial charge in [-0.1, -0.05) is 15.9 Å². The van der Waals surface area contributed by atoms with Crippen LogP contribution in [-0.4, -0.2) is 17.4 Å². The zero-order valence-electron chi connectivity index (χ0n) is 10.6. The number of hydrogen-bond donors (Lipinski definition) is 1. The largest absolute Gasteiger partial charge is 0.352 e. The summed E-state index contributed by atoms with van der Waals surface area (Å²) < 4.78 is 14.3. The zero-order valence-corrected chi connectivity index (χ0v) is 13.0. The van der Waals surface area contributed by atoms with Crippen molar-refractivity contribution in [1.82, 2.24) is 5.32 Å². The fourth-order valence-corrected chi connectivity index (χ4v) is 3.77. The van der Waals surface area contributed by atoms with Crippen molar-refractivity contribution in [2.45, 2.75) is 25.8 Å². The van der Waals surface area contributed by atoms with Crippen molar-refractivity contribution in [1.29, 1.82) is 0 Å². The van der Waals surface area contributed by atoms with Crippen molar-refractivity contribution >= 4 is 33.6 Å². The summed E-state index contributed by atoms with van der Waals surface area (Å²) in [5.41, 5.74) is 0.516. The Morgan fingerprint density at radius 1 is 1.42 bits per heavy atom. The molecule has 2 nitrogen and oxygen atoms in total. The molecule has 0 aliphatic carbocycles. The second-order valence-electron chi connectivity index (χ2n) is 4.77. The summed E-state index contributed by atoms with van der Waals surface area (Å²) in [5, 5.41) is 2.81. The normalized spacial score (nSPS) is 16.3. The molecule has 0 atom stereocenters. The van der Waals surface area contributed by atoms with E-state index in [0.29, 0.717) is 17.9 Å². The number of halogens is 2. The summed E-state index contributed by atoms with van der Waals surface area (Å²) in [7, 11) is 0. The molecular formula is C14H17BrFNOS. The summed E-state index contributed by atoms with van der Waals surface area (Å²) in [5.74, 6) is 2.54. The van der Waals surface area contributed by atoms with Crippen LogP contribution in [0.5, 0.6) is 0 Å². The number of carbonyl (C=O) groups is 1. The molecule has 0 unspecified atom stereocenters. The minimum absolute atomic E-state index is 0.0243. The minimum Gasteiger partial charge on any atom is -0.352 e. The van der Waals surface area contributed by atoms with Crippen LogP contribution in [0.25, 0.3) is 0 Å². The molecule has 1 aliphatic heterocycles. The third-order valence-corrected chi connectivity index (χ3v) is 4.84. The predicted molar refractivity (Wildman–Crippen MR) is 80.6 cm³/mol. The number of nitrogens with one attached hydrogen (secondary N) is 1. The Balaban J connectivity index is 1.81. The first-order valence-corrected chi connectivity index (χ1v) is 8.38. The van der Waals surface area contributed by atoms with Gasteiger partial charge in [0.15, 0.2) is 0 Å². The maximum atomic E-state index is 13.5. The lowest BCUT2D eigenvalue weighted by atomic mass is 9.98. The second kappa shape index (κ2) is 7.29. The second-order valence-corrected chi connectivity index (χ2v) is 6.91. The number of amides is 1. The molecule has 1 fully saturated rings. The molecule has 2 rings (SSSR count). The van der Waals surface area contributed by atoms with Crippen LogP contribution in [0.1, 0.15) is 24.8 Å². The monoisotopic (exact) mass is 345 g/mol. The third-order valence-electron chi connectivity index (χ3n) is 3.30. The summed E-state index contributed by atoms with van der Waals surface area (Å²) in [6, 6.07) is 4.76. The molecule has 19 heavy (non-hydrogen) atoms. The van der Waals surface area contributed by atoms with Crippen molar-refractivity contribution in [3.63, 3.8) is 0 Å². The van der Waals surface area contributed by atoms with Gasteiger partial charge >= 0.3 is 0 Å². The van der Waals surface area contributed by atoms with Gasteiger partial charge in [-0.3, -0.25) is 4.79 Å². The SMILES string of the molecule is O=C(CC1CCSCC1)NCc1cc(Br)ccc1F. The van der Waals surface area contributed by atoms with Crippen molar-refractivity contribution in [3.05, 3.63) is 34.1 Å². The highest BCUT2D eigenvalue weighted by Gasteiger charge is 2.17. The molecule has 104 valence electrons. The Hall–Kier alpha value is -0.550. The van der Waals surface area contributed by atoms with E-state index in [1.54, 1.807) is 12.1 Å². The zero-order chi connectivity index (χ0) is 13.7. The van der Waals surface area contributed by atoms with Crippen molar-refractivity contribution in [2.24, 2.45) is 5.92 Å². The van der Waals surface area contributed by atoms with Gasteiger partial charge in [-0.05, 0) is 48.5 Å². The van der Waals surface area contributed by atoms with Crippen LogP contribution in [0.15, 0.2) is 22.7 Å². The van der Waals surface area contributed by atoms with Gasteiger partial charge in [0.05, 0.1) is 0 Å². The Morgan fingerprint density at radius 2 is 2.16 bits per heavy atom. The van der Waals surface area contributed by atoms with E-state index in [1.165, 1.54) is 6.07 Å². The number of thioether (sulfide) groups is 1. The van der Waals surface area contributed by atoms with E-state index in [2.05, 4.69) is 21.2 Å². The molecular weight excluding hydrogens is 329 g/mol. The van der Waals surface area contributed by atoms with E-state index < -0.39 is 0 Å².